The smallest absolute Gasteiger partial charge is 0.228 e. The average Bonchev–Trinajstić information content (AvgIpc) is 3.51. The van der Waals surface area contributed by atoms with E-state index in [0.717, 1.165) is 30.0 Å². The van der Waals surface area contributed by atoms with Gasteiger partial charge in [-0.05, 0) is 36.4 Å². The number of aryl methyl sites for hydroxylation is 1. The van der Waals surface area contributed by atoms with E-state index >= 15 is 0 Å². The van der Waals surface area contributed by atoms with E-state index in [1.807, 2.05) is 54.3 Å². The summed E-state index contributed by atoms with van der Waals surface area (Å²) in [5.41, 5.74) is 2.89. The predicted molar refractivity (Wildman–Crippen MR) is 125 cm³/mol. The minimum absolute atomic E-state index is 0.0194. The first-order valence-electron chi connectivity index (χ1n) is 11.4. The Labute approximate surface area is 192 Å². The fourth-order valence-corrected chi connectivity index (χ4v) is 4.51. The molecule has 2 saturated heterocycles. The molecule has 3 heterocycles. The number of carbonyl (C=O) groups is 2. The van der Waals surface area contributed by atoms with Gasteiger partial charge in [0.2, 0.25) is 23.5 Å². The third-order valence-electron chi connectivity index (χ3n) is 6.39. The molecule has 170 valence electrons. The molecule has 1 atom stereocenters. The highest BCUT2D eigenvalue weighted by atomic mass is 16.5. The maximum absolute atomic E-state index is 13.1. The van der Waals surface area contributed by atoms with Gasteiger partial charge in [0.15, 0.2) is 0 Å². The molecule has 2 aliphatic rings. The van der Waals surface area contributed by atoms with Crippen molar-refractivity contribution in [2.45, 2.75) is 19.8 Å². The van der Waals surface area contributed by atoms with Crippen LogP contribution in [0, 0.1) is 5.92 Å². The molecule has 2 fully saturated rings. The van der Waals surface area contributed by atoms with Crippen molar-refractivity contribution in [3.05, 3.63) is 60.5 Å². The number of carbonyl (C=O) groups excluding carboxylic acids is 2. The highest BCUT2D eigenvalue weighted by Crippen LogP contribution is 2.27. The molecular weight excluding hydrogens is 418 g/mol. The van der Waals surface area contributed by atoms with Crippen molar-refractivity contribution in [3.63, 3.8) is 0 Å². The summed E-state index contributed by atoms with van der Waals surface area (Å²) >= 11 is 0. The number of benzene rings is 2. The molecule has 8 nitrogen and oxygen atoms in total. The molecule has 1 aromatic heterocycles. The van der Waals surface area contributed by atoms with Crippen LogP contribution in [-0.2, 0) is 16.0 Å². The predicted octanol–water partition coefficient (Wildman–Crippen LogP) is 3.00. The van der Waals surface area contributed by atoms with Gasteiger partial charge in [-0.2, -0.15) is 4.98 Å². The van der Waals surface area contributed by atoms with Gasteiger partial charge in [-0.1, -0.05) is 30.3 Å². The average molecular weight is 446 g/mol. The van der Waals surface area contributed by atoms with E-state index < -0.39 is 0 Å². The normalized spacial score (nSPS) is 18.8. The summed E-state index contributed by atoms with van der Waals surface area (Å²) in [5, 5.41) is 4.03. The molecule has 33 heavy (non-hydrogen) atoms. The largest absolute Gasteiger partial charge is 0.368 e. The van der Waals surface area contributed by atoms with Crippen LogP contribution in [0.5, 0.6) is 0 Å². The Balaban J connectivity index is 1.17. The highest BCUT2D eigenvalue weighted by Gasteiger charge is 2.37. The van der Waals surface area contributed by atoms with Crippen LogP contribution < -0.4 is 9.80 Å². The van der Waals surface area contributed by atoms with Crippen LogP contribution >= 0.6 is 0 Å². The highest BCUT2D eigenvalue weighted by molar-refractivity contribution is 6.00. The molecule has 0 aliphatic carbocycles. The third kappa shape index (κ3) is 4.33. The molecule has 2 aromatic carbocycles. The second-order valence-electron chi connectivity index (χ2n) is 8.47. The van der Waals surface area contributed by atoms with Crippen molar-refractivity contribution in [1.29, 1.82) is 0 Å². The number of aromatic nitrogens is 2. The van der Waals surface area contributed by atoms with Gasteiger partial charge < -0.3 is 19.2 Å². The van der Waals surface area contributed by atoms with Gasteiger partial charge in [-0.25, -0.2) is 0 Å². The number of anilines is 2. The van der Waals surface area contributed by atoms with E-state index in [9.17, 15) is 9.59 Å². The van der Waals surface area contributed by atoms with Gasteiger partial charge in [0, 0.05) is 62.5 Å². The van der Waals surface area contributed by atoms with Crippen LogP contribution in [0.2, 0.25) is 0 Å². The fourth-order valence-electron chi connectivity index (χ4n) is 4.51. The minimum Gasteiger partial charge on any atom is -0.368 e. The minimum atomic E-state index is -0.272. The zero-order valence-corrected chi connectivity index (χ0v) is 18.7. The van der Waals surface area contributed by atoms with E-state index in [-0.39, 0.29) is 24.2 Å². The SMILES string of the molecule is CCc1nc(-c2ccc(N3CCN(C(=O)[C@@H]4CC(=O)N(c5ccccc5)C4)CC3)cc2)no1. The maximum Gasteiger partial charge on any atom is 0.228 e. The topological polar surface area (TPSA) is 82.8 Å². The molecule has 3 aromatic rings. The molecule has 0 N–H and O–H groups in total. The molecule has 0 radical (unpaired) electrons. The van der Waals surface area contributed by atoms with Crippen molar-refractivity contribution >= 4 is 23.2 Å². The molecule has 0 saturated carbocycles. The molecule has 0 spiro atoms. The molecule has 0 unspecified atom stereocenters. The van der Waals surface area contributed by atoms with Gasteiger partial charge in [-0.15, -0.1) is 0 Å². The molecule has 8 heteroatoms. The summed E-state index contributed by atoms with van der Waals surface area (Å²) in [6, 6.07) is 17.7. The van der Waals surface area contributed by atoms with Gasteiger partial charge in [0.05, 0.1) is 5.92 Å². The van der Waals surface area contributed by atoms with Gasteiger partial charge in [-0.3, -0.25) is 9.59 Å². The molecule has 2 amide bonds. The first-order chi connectivity index (χ1) is 16.1. The van der Waals surface area contributed by atoms with Crippen molar-refractivity contribution in [3.8, 4) is 11.4 Å². The van der Waals surface area contributed by atoms with Crippen LogP contribution in [0.15, 0.2) is 59.1 Å². The second-order valence-corrected chi connectivity index (χ2v) is 8.47. The Kier molecular flexibility index (Phi) is 5.81. The Bertz CT molecular complexity index is 1120. The first kappa shape index (κ1) is 21.2. The Hall–Kier alpha value is -3.68. The van der Waals surface area contributed by atoms with Crippen molar-refractivity contribution in [2.75, 3.05) is 42.5 Å². The maximum atomic E-state index is 13.1. The van der Waals surface area contributed by atoms with E-state index in [1.54, 1.807) is 4.90 Å². The van der Waals surface area contributed by atoms with E-state index in [4.69, 9.17) is 4.52 Å². The van der Waals surface area contributed by atoms with Crippen molar-refractivity contribution in [2.24, 2.45) is 5.92 Å². The van der Waals surface area contributed by atoms with Crippen LogP contribution in [0.4, 0.5) is 11.4 Å². The number of hydrogen-bond acceptors (Lipinski definition) is 6. The Morgan fingerprint density at radius 3 is 2.39 bits per heavy atom. The zero-order chi connectivity index (χ0) is 22.8. The summed E-state index contributed by atoms with van der Waals surface area (Å²) in [6.07, 6.45) is 0.999. The molecular formula is C25H27N5O3. The number of hydrogen-bond donors (Lipinski definition) is 0. The fraction of sp³-hybridized carbons (Fsp3) is 0.360. The summed E-state index contributed by atoms with van der Waals surface area (Å²) in [6.45, 7) is 5.27. The Morgan fingerprint density at radius 1 is 1.00 bits per heavy atom. The number of para-hydroxylation sites is 1. The lowest BCUT2D eigenvalue weighted by Crippen LogP contribution is -2.50. The summed E-state index contributed by atoms with van der Waals surface area (Å²) in [5.74, 6) is 1.06. The molecule has 0 bridgehead atoms. The first-order valence-corrected chi connectivity index (χ1v) is 11.4. The number of piperazine rings is 1. The van der Waals surface area contributed by atoms with E-state index in [2.05, 4.69) is 27.2 Å². The van der Waals surface area contributed by atoms with Gasteiger partial charge in [0.25, 0.3) is 0 Å². The summed E-state index contributed by atoms with van der Waals surface area (Å²) < 4.78 is 5.20. The van der Waals surface area contributed by atoms with Crippen LogP contribution in [0.25, 0.3) is 11.4 Å². The quantitative estimate of drug-likeness (QED) is 0.601. The molecule has 5 rings (SSSR count). The van der Waals surface area contributed by atoms with E-state index in [1.165, 1.54) is 0 Å². The number of nitrogens with zero attached hydrogens (tertiary/aromatic N) is 5. The summed E-state index contributed by atoms with van der Waals surface area (Å²) in [7, 11) is 0. The number of amides is 2. The zero-order valence-electron chi connectivity index (χ0n) is 18.7. The molecule has 2 aliphatic heterocycles. The van der Waals surface area contributed by atoms with Gasteiger partial charge in [0.1, 0.15) is 0 Å². The lowest BCUT2D eigenvalue weighted by molar-refractivity contribution is -0.136. The van der Waals surface area contributed by atoms with Crippen molar-refractivity contribution in [1.82, 2.24) is 15.0 Å². The van der Waals surface area contributed by atoms with Crippen molar-refractivity contribution < 1.29 is 14.1 Å². The summed E-state index contributed by atoms with van der Waals surface area (Å²) in [4.78, 5) is 35.9. The number of rotatable bonds is 5. The second kappa shape index (κ2) is 9.05. The monoisotopic (exact) mass is 445 g/mol. The third-order valence-corrected chi connectivity index (χ3v) is 6.39. The van der Waals surface area contributed by atoms with Crippen LogP contribution in [-0.4, -0.2) is 59.6 Å². The van der Waals surface area contributed by atoms with E-state index in [0.29, 0.717) is 37.8 Å². The lowest BCUT2D eigenvalue weighted by atomic mass is 10.1. The van der Waals surface area contributed by atoms with Gasteiger partial charge >= 0.3 is 0 Å². The van der Waals surface area contributed by atoms with Crippen LogP contribution in [0.1, 0.15) is 19.2 Å². The van der Waals surface area contributed by atoms with Crippen LogP contribution in [0.3, 0.4) is 0 Å². The standard InChI is InChI=1S/C25H27N5O3/c1-2-22-26-24(27-33-22)18-8-10-20(11-9-18)28-12-14-29(15-13-28)25(32)19-16-23(31)30(17-19)21-6-4-3-5-7-21/h3-11,19H,2,12-17H2,1H3/t19-/m1/s1. The Morgan fingerprint density at radius 2 is 1.73 bits per heavy atom. The lowest BCUT2D eigenvalue weighted by Gasteiger charge is -2.37.